The van der Waals surface area contributed by atoms with Crippen molar-refractivity contribution in [1.29, 1.82) is 0 Å². The van der Waals surface area contributed by atoms with Crippen molar-refractivity contribution in [2.45, 2.75) is 6.42 Å². The lowest BCUT2D eigenvalue weighted by atomic mass is 10.1. The number of hydrogen-bond acceptors (Lipinski definition) is 4. The largest absolute Gasteiger partial charge is 0.436 e. The molecule has 0 aliphatic carbocycles. The number of aromatic nitrogens is 1. The lowest BCUT2D eigenvalue weighted by Gasteiger charge is -2.15. The molecule has 25 heavy (non-hydrogen) atoms. The first-order valence-electron chi connectivity index (χ1n) is 7.67. The molecule has 1 amide bonds. The number of oxazole rings is 1. The van der Waals surface area contributed by atoms with Crippen molar-refractivity contribution in [3.05, 3.63) is 47.5 Å². The second-order valence-electron chi connectivity index (χ2n) is 5.89. The van der Waals surface area contributed by atoms with Crippen LogP contribution >= 0.6 is 23.2 Å². The van der Waals surface area contributed by atoms with E-state index in [0.717, 1.165) is 5.56 Å². The van der Waals surface area contributed by atoms with Crippen molar-refractivity contribution in [3.63, 3.8) is 0 Å². The molecule has 0 unspecified atom stereocenters. The van der Waals surface area contributed by atoms with Crippen molar-refractivity contribution in [1.82, 2.24) is 4.98 Å². The molecule has 0 saturated carbocycles. The van der Waals surface area contributed by atoms with Crippen molar-refractivity contribution in [2.24, 2.45) is 5.92 Å². The van der Waals surface area contributed by atoms with Crippen molar-refractivity contribution in [3.8, 4) is 11.5 Å². The highest BCUT2D eigenvalue weighted by Crippen LogP contribution is 2.31. The molecule has 1 aliphatic heterocycles. The molecule has 1 aliphatic rings. The van der Waals surface area contributed by atoms with Crippen LogP contribution in [0, 0.1) is 5.92 Å². The van der Waals surface area contributed by atoms with Gasteiger partial charge >= 0.3 is 0 Å². The quantitative estimate of drug-likeness (QED) is 0.642. The van der Waals surface area contributed by atoms with Gasteiger partial charge in [0.15, 0.2) is 5.58 Å². The summed E-state index contributed by atoms with van der Waals surface area (Å²) in [6, 6.07) is 12.5. The monoisotopic (exact) mass is 374 g/mol. The van der Waals surface area contributed by atoms with Crippen LogP contribution in [0.15, 0.2) is 46.9 Å². The minimum atomic E-state index is -0.485. The Labute approximate surface area is 153 Å². The van der Waals surface area contributed by atoms with Crippen LogP contribution in [-0.4, -0.2) is 22.7 Å². The summed E-state index contributed by atoms with van der Waals surface area (Å²) in [7, 11) is 0. The van der Waals surface area contributed by atoms with E-state index in [0.29, 0.717) is 27.7 Å². The van der Waals surface area contributed by atoms with E-state index in [2.05, 4.69) is 4.98 Å². The van der Waals surface area contributed by atoms with Gasteiger partial charge in [0.25, 0.3) is 0 Å². The Bertz CT molecular complexity index is 999. The molecule has 4 rings (SSSR count). The van der Waals surface area contributed by atoms with Crippen molar-refractivity contribution < 1.29 is 14.0 Å². The Kier molecular flexibility index (Phi) is 3.98. The predicted octanol–water partition coefficient (Wildman–Crippen LogP) is 4.27. The summed E-state index contributed by atoms with van der Waals surface area (Å²) in [6.45, 7) is 0.283. The first-order chi connectivity index (χ1) is 12.0. The van der Waals surface area contributed by atoms with E-state index in [-0.39, 0.29) is 18.9 Å². The minimum Gasteiger partial charge on any atom is -0.436 e. The van der Waals surface area contributed by atoms with Gasteiger partial charge < -0.3 is 9.32 Å². The van der Waals surface area contributed by atoms with Gasteiger partial charge in [-0.15, -0.1) is 0 Å². The van der Waals surface area contributed by atoms with E-state index < -0.39 is 11.2 Å². The molecule has 0 bridgehead atoms. The van der Waals surface area contributed by atoms with Crippen molar-refractivity contribution >= 4 is 51.1 Å². The Balaban J connectivity index is 1.69. The smallest absolute Gasteiger partial charge is 0.227 e. The second kappa shape index (κ2) is 6.17. The van der Waals surface area contributed by atoms with E-state index in [1.807, 2.05) is 12.1 Å². The number of rotatable bonds is 3. The number of amides is 1. The predicted molar refractivity (Wildman–Crippen MR) is 95.8 cm³/mol. The van der Waals surface area contributed by atoms with Crippen LogP contribution in [0.5, 0.6) is 0 Å². The van der Waals surface area contributed by atoms with Crippen LogP contribution in [0.3, 0.4) is 0 Å². The normalized spacial score (nSPS) is 17.4. The zero-order chi connectivity index (χ0) is 17.6. The van der Waals surface area contributed by atoms with Gasteiger partial charge in [0.1, 0.15) is 5.52 Å². The molecule has 126 valence electrons. The molecule has 3 aromatic rings. The molecule has 1 fully saturated rings. The average Bonchev–Trinajstić information content (AvgIpc) is 3.17. The summed E-state index contributed by atoms with van der Waals surface area (Å²) in [4.78, 5) is 29.5. The fourth-order valence-electron chi connectivity index (χ4n) is 2.94. The van der Waals surface area contributed by atoms with Gasteiger partial charge in [0.2, 0.25) is 17.0 Å². The number of halogens is 2. The van der Waals surface area contributed by atoms with Gasteiger partial charge in [-0.2, -0.15) is 0 Å². The van der Waals surface area contributed by atoms with Crippen LogP contribution < -0.4 is 4.90 Å². The van der Waals surface area contributed by atoms with E-state index in [9.17, 15) is 9.59 Å². The molecule has 0 radical (unpaired) electrons. The van der Waals surface area contributed by atoms with Gasteiger partial charge in [0, 0.05) is 29.2 Å². The van der Waals surface area contributed by atoms with Crippen LogP contribution in [0.1, 0.15) is 6.42 Å². The van der Waals surface area contributed by atoms with Crippen LogP contribution in [-0.2, 0) is 9.59 Å². The molecule has 7 heteroatoms. The van der Waals surface area contributed by atoms with E-state index in [1.54, 1.807) is 35.2 Å². The summed E-state index contributed by atoms with van der Waals surface area (Å²) in [5.41, 5.74) is 2.68. The highest BCUT2D eigenvalue weighted by Gasteiger charge is 2.34. The fraction of sp³-hybridized carbons (Fsp3) is 0.167. The highest BCUT2D eigenvalue weighted by atomic mass is 35.5. The fourth-order valence-corrected chi connectivity index (χ4v) is 3.27. The highest BCUT2D eigenvalue weighted by molar-refractivity contribution is 6.64. The number of fused-ring (bicyclic) bond motifs is 1. The third-order valence-corrected chi connectivity index (χ3v) is 4.74. The number of anilines is 1. The number of benzene rings is 2. The Morgan fingerprint density at radius 3 is 2.80 bits per heavy atom. The van der Waals surface area contributed by atoms with Gasteiger partial charge in [-0.25, -0.2) is 4.98 Å². The van der Waals surface area contributed by atoms with Gasteiger partial charge in [-0.05, 0) is 48.0 Å². The van der Waals surface area contributed by atoms with E-state index in [4.69, 9.17) is 27.6 Å². The van der Waals surface area contributed by atoms with Crippen LogP contribution in [0.25, 0.3) is 22.6 Å². The average molecular weight is 375 g/mol. The molecule has 0 N–H and O–H groups in total. The Morgan fingerprint density at radius 1 is 1.24 bits per heavy atom. The third-order valence-electron chi connectivity index (χ3n) is 4.20. The maximum Gasteiger partial charge on any atom is 0.227 e. The maximum atomic E-state index is 12.1. The number of nitrogens with zero attached hydrogens (tertiary/aromatic N) is 2. The molecule has 1 atom stereocenters. The Morgan fingerprint density at radius 2 is 2.08 bits per heavy atom. The SMILES string of the molecule is O=C(Cl)[C@H]1CC(=O)N(c2ccc3oc(-c4cccc(Cl)c4)nc3c2)C1. The minimum absolute atomic E-state index is 0.128. The summed E-state index contributed by atoms with van der Waals surface area (Å²) >= 11 is 11.5. The molecule has 5 nitrogen and oxygen atoms in total. The number of carbonyl (C=O) groups is 2. The third kappa shape index (κ3) is 3.01. The van der Waals surface area contributed by atoms with Crippen LogP contribution in [0.4, 0.5) is 5.69 Å². The number of hydrogen-bond donors (Lipinski definition) is 0. The molecule has 0 spiro atoms. The topological polar surface area (TPSA) is 63.4 Å². The zero-order valence-corrected chi connectivity index (χ0v) is 14.4. The van der Waals surface area contributed by atoms with Gasteiger partial charge in [-0.1, -0.05) is 17.7 Å². The maximum absolute atomic E-state index is 12.1. The van der Waals surface area contributed by atoms with E-state index >= 15 is 0 Å². The summed E-state index contributed by atoms with van der Waals surface area (Å²) < 4.78 is 5.76. The first-order valence-corrected chi connectivity index (χ1v) is 8.43. The molecule has 1 aromatic heterocycles. The Hall–Kier alpha value is -2.37. The second-order valence-corrected chi connectivity index (χ2v) is 6.70. The summed E-state index contributed by atoms with van der Waals surface area (Å²) in [6.07, 6.45) is 0.132. The summed E-state index contributed by atoms with van der Waals surface area (Å²) in [5.74, 6) is -0.141. The van der Waals surface area contributed by atoms with Crippen molar-refractivity contribution in [2.75, 3.05) is 11.4 Å². The number of carbonyl (C=O) groups excluding carboxylic acids is 2. The molecule has 2 heterocycles. The molecule has 2 aromatic carbocycles. The molecular formula is C18H12Cl2N2O3. The van der Waals surface area contributed by atoms with E-state index in [1.165, 1.54) is 0 Å². The lowest BCUT2D eigenvalue weighted by molar-refractivity contribution is -0.120. The zero-order valence-electron chi connectivity index (χ0n) is 12.9. The van der Waals surface area contributed by atoms with Gasteiger partial charge in [0.05, 0.1) is 5.92 Å². The standard InChI is InChI=1S/C18H12Cl2N2O3/c19-12-3-1-2-10(6-12)18-21-14-8-13(4-5-15(14)25-18)22-9-11(17(20)24)7-16(22)23/h1-6,8,11H,7,9H2/t11-/m0/s1. The molecular weight excluding hydrogens is 363 g/mol. The van der Waals surface area contributed by atoms with Crippen LogP contribution in [0.2, 0.25) is 5.02 Å². The summed E-state index contributed by atoms with van der Waals surface area (Å²) in [5, 5.41) is 0.112. The first kappa shape index (κ1) is 16.1. The van der Waals surface area contributed by atoms with Gasteiger partial charge in [-0.3, -0.25) is 9.59 Å². The molecule has 1 saturated heterocycles. The lowest BCUT2D eigenvalue weighted by Crippen LogP contribution is -2.25.